The van der Waals surface area contributed by atoms with Crippen molar-refractivity contribution >= 4 is 5.69 Å². The first kappa shape index (κ1) is 21.2. The normalized spacial score (nSPS) is 27.5. The number of aliphatic hydroxyl groups excluding tert-OH is 2. The summed E-state index contributed by atoms with van der Waals surface area (Å²) >= 11 is 0. The Morgan fingerprint density at radius 1 is 0.967 bits per heavy atom. The fourth-order valence-corrected chi connectivity index (χ4v) is 4.47. The van der Waals surface area contributed by atoms with Crippen LogP contribution in [0.3, 0.4) is 0 Å². The van der Waals surface area contributed by atoms with E-state index in [1.54, 1.807) is 12.1 Å². The highest BCUT2D eigenvalue weighted by Crippen LogP contribution is 2.27. The minimum Gasteiger partial charge on any atom is -0.394 e. The third-order valence-corrected chi connectivity index (χ3v) is 6.09. The van der Waals surface area contributed by atoms with Crippen molar-refractivity contribution in [2.45, 2.75) is 30.9 Å². The zero-order valence-electron chi connectivity index (χ0n) is 17.0. The van der Waals surface area contributed by atoms with E-state index >= 15 is 0 Å². The Hall–Kier alpha value is -2.03. The minimum atomic E-state index is -0.726. The molecule has 4 unspecified atom stereocenters. The Morgan fingerprint density at radius 3 is 2.33 bits per heavy atom. The predicted molar refractivity (Wildman–Crippen MR) is 114 cm³/mol. The number of benzene rings is 2. The minimum absolute atomic E-state index is 0.166. The van der Waals surface area contributed by atoms with Crippen molar-refractivity contribution in [1.82, 2.24) is 10.2 Å². The molecule has 2 aliphatic rings. The monoisotopic (exact) mass is 415 g/mol. The summed E-state index contributed by atoms with van der Waals surface area (Å²) in [7, 11) is 0. The van der Waals surface area contributed by atoms with Crippen molar-refractivity contribution in [1.29, 1.82) is 0 Å². The number of hydrogen-bond donors (Lipinski definition) is 3. The highest BCUT2D eigenvalue weighted by Gasteiger charge is 2.46. The number of para-hydroxylation sites is 1. The van der Waals surface area contributed by atoms with Gasteiger partial charge in [0.2, 0.25) is 0 Å². The summed E-state index contributed by atoms with van der Waals surface area (Å²) in [5.41, 5.74) is 2.20. The van der Waals surface area contributed by atoms with E-state index in [-0.39, 0.29) is 24.6 Å². The van der Waals surface area contributed by atoms with Crippen LogP contribution in [-0.4, -0.2) is 78.8 Å². The molecule has 0 saturated carbocycles. The Kier molecular flexibility index (Phi) is 6.97. The van der Waals surface area contributed by atoms with Crippen molar-refractivity contribution in [3.8, 4) is 0 Å². The lowest BCUT2D eigenvalue weighted by Gasteiger charge is -2.41. The van der Waals surface area contributed by atoms with Gasteiger partial charge in [0.25, 0.3) is 0 Å². The van der Waals surface area contributed by atoms with Gasteiger partial charge in [0.1, 0.15) is 18.0 Å². The second kappa shape index (κ2) is 9.85. The van der Waals surface area contributed by atoms with Crippen molar-refractivity contribution in [2.75, 3.05) is 44.2 Å². The van der Waals surface area contributed by atoms with E-state index in [4.69, 9.17) is 4.74 Å². The quantitative estimate of drug-likeness (QED) is 0.632. The van der Waals surface area contributed by atoms with Crippen molar-refractivity contribution in [3.63, 3.8) is 0 Å². The average molecular weight is 416 g/mol. The van der Waals surface area contributed by atoms with E-state index in [0.717, 1.165) is 31.7 Å². The molecule has 0 amide bonds. The largest absolute Gasteiger partial charge is 0.394 e. The smallest absolute Gasteiger partial charge is 0.123 e. The van der Waals surface area contributed by atoms with Gasteiger partial charge in [-0.05, 0) is 29.8 Å². The van der Waals surface area contributed by atoms with Crippen LogP contribution >= 0.6 is 0 Å². The molecule has 0 aromatic heterocycles. The van der Waals surface area contributed by atoms with Gasteiger partial charge in [-0.25, -0.2) is 4.39 Å². The fourth-order valence-electron chi connectivity index (χ4n) is 4.47. The molecule has 2 fully saturated rings. The van der Waals surface area contributed by atoms with E-state index in [9.17, 15) is 14.6 Å². The average Bonchev–Trinajstić information content (AvgIpc) is 3.11. The van der Waals surface area contributed by atoms with E-state index in [1.165, 1.54) is 17.8 Å². The first-order valence-electron chi connectivity index (χ1n) is 10.6. The van der Waals surface area contributed by atoms with Crippen molar-refractivity contribution in [2.24, 2.45) is 0 Å². The molecule has 0 radical (unpaired) electrons. The molecule has 4 rings (SSSR count). The predicted octanol–water partition coefficient (Wildman–Crippen LogP) is 1.23. The molecule has 0 spiro atoms. The molecule has 7 heteroatoms. The van der Waals surface area contributed by atoms with Crippen LogP contribution in [0.5, 0.6) is 0 Å². The maximum atomic E-state index is 13.1. The van der Waals surface area contributed by atoms with Crippen LogP contribution in [0.1, 0.15) is 5.56 Å². The number of hydrogen-bond acceptors (Lipinski definition) is 6. The molecule has 0 bridgehead atoms. The molecule has 0 aliphatic carbocycles. The SMILES string of the molecule is OCC1OC(CNCc2ccc(F)cc2)C(N2CCN(c3ccccc3)CC2)C1O. The summed E-state index contributed by atoms with van der Waals surface area (Å²) in [6.45, 7) is 4.36. The first-order valence-corrected chi connectivity index (χ1v) is 10.6. The Morgan fingerprint density at radius 2 is 1.67 bits per heavy atom. The maximum Gasteiger partial charge on any atom is 0.123 e. The number of aliphatic hydroxyl groups is 2. The third kappa shape index (κ3) is 4.82. The number of anilines is 1. The second-order valence-electron chi connectivity index (χ2n) is 7.99. The van der Waals surface area contributed by atoms with E-state index in [2.05, 4.69) is 27.2 Å². The van der Waals surface area contributed by atoms with Gasteiger partial charge in [0.15, 0.2) is 0 Å². The maximum absolute atomic E-state index is 13.1. The summed E-state index contributed by atoms with van der Waals surface area (Å²) in [6, 6.07) is 16.6. The summed E-state index contributed by atoms with van der Waals surface area (Å²) in [5, 5.41) is 23.8. The number of nitrogens with one attached hydrogen (secondary N) is 1. The van der Waals surface area contributed by atoms with Gasteiger partial charge in [-0.15, -0.1) is 0 Å². The Bertz CT molecular complexity index is 784. The topological polar surface area (TPSA) is 68.2 Å². The van der Waals surface area contributed by atoms with Crippen LogP contribution in [0.15, 0.2) is 54.6 Å². The molecule has 2 saturated heterocycles. The lowest BCUT2D eigenvalue weighted by atomic mass is 10.0. The molecule has 2 aliphatic heterocycles. The number of piperazine rings is 1. The van der Waals surface area contributed by atoms with Crippen LogP contribution in [0.4, 0.5) is 10.1 Å². The van der Waals surface area contributed by atoms with E-state index < -0.39 is 12.2 Å². The van der Waals surface area contributed by atoms with Crippen molar-refractivity contribution < 1.29 is 19.3 Å². The van der Waals surface area contributed by atoms with Gasteiger partial charge in [-0.2, -0.15) is 0 Å². The highest BCUT2D eigenvalue weighted by atomic mass is 19.1. The first-order chi connectivity index (χ1) is 14.7. The lowest BCUT2D eigenvalue weighted by Crippen LogP contribution is -2.57. The lowest BCUT2D eigenvalue weighted by molar-refractivity contribution is -0.0213. The van der Waals surface area contributed by atoms with Gasteiger partial charge in [-0.3, -0.25) is 4.90 Å². The summed E-state index contributed by atoms with van der Waals surface area (Å²) < 4.78 is 19.1. The molecule has 2 heterocycles. The van der Waals surface area contributed by atoms with Gasteiger partial charge in [0, 0.05) is 45.0 Å². The van der Waals surface area contributed by atoms with Gasteiger partial charge >= 0.3 is 0 Å². The van der Waals surface area contributed by atoms with Crippen LogP contribution in [-0.2, 0) is 11.3 Å². The van der Waals surface area contributed by atoms with Crippen LogP contribution in [0.2, 0.25) is 0 Å². The van der Waals surface area contributed by atoms with Gasteiger partial charge in [-0.1, -0.05) is 30.3 Å². The number of nitrogens with zero attached hydrogens (tertiary/aromatic N) is 2. The number of halogens is 1. The third-order valence-electron chi connectivity index (χ3n) is 6.09. The molecule has 3 N–H and O–H groups in total. The highest BCUT2D eigenvalue weighted by molar-refractivity contribution is 5.46. The van der Waals surface area contributed by atoms with E-state index in [1.807, 2.05) is 18.2 Å². The molecule has 2 aromatic rings. The van der Waals surface area contributed by atoms with Crippen molar-refractivity contribution in [3.05, 3.63) is 66.0 Å². The van der Waals surface area contributed by atoms with Crippen LogP contribution in [0.25, 0.3) is 0 Å². The van der Waals surface area contributed by atoms with E-state index in [0.29, 0.717) is 13.1 Å². The Labute approximate surface area is 176 Å². The zero-order chi connectivity index (χ0) is 20.9. The summed E-state index contributed by atoms with van der Waals surface area (Å²) in [4.78, 5) is 4.63. The summed E-state index contributed by atoms with van der Waals surface area (Å²) in [6.07, 6.45) is -1.52. The molecular formula is C23H30FN3O3. The number of rotatable bonds is 7. The van der Waals surface area contributed by atoms with Crippen LogP contribution < -0.4 is 10.2 Å². The molecule has 30 heavy (non-hydrogen) atoms. The van der Waals surface area contributed by atoms with Gasteiger partial charge < -0.3 is 25.2 Å². The second-order valence-corrected chi connectivity index (χ2v) is 7.99. The Balaban J connectivity index is 1.35. The van der Waals surface area contributed by atoms with Gasteiger partial charge in [0.05, 0.1) is 18.8 Å². The molecule has 4 atom stereocenters. The molecule has 2 aromatic carbocycles. The summed E-state index contributed by atoms with van der Waals surface area (Å²) in [5.74, 6) is -0.249. The van der Waals surface area contributed by atoms with Crippen LogP contribution in [0, 0.1) is 5.82 Å². The number of ether oxygens (including phenoxy) is 1. The molecular weight excluding hydrogens is 385 g/mol. The standard InChI is InChI=1S/C23H30FN3O3/c24-18-8-6-17(7-9-18)14-25-15-20-22(23(29)21(16-28)30-20)27-12-10-26(11-13-27)19-4-2-1-3-5-19/h1-9,20-23,25,28-29H,10-16H2. The fraction of sp³-hybridized carbons (Fsp3) is 0.478. The zero-order valence-corrected chi connectivity index (χ0v) is 17.0. The molecule has 6 nitrogen and oxygen atoms in total. The molecule has 162 valence electrons.